The summed E-state index contributed by atoms with van der Waals surface area (Å²) in [6.45, 7) is 6.28. The van der Waals surface area contributed by atoms with Crippen LogP contribution >= 0.6 is 31.9 Å². The van der Waals surface area contributed by atoms with E-state index in [-0.39, 0.29) is 23.8 Å². The van der Waals surface area contributed by atoms with Crippen LogP contribution in [0.3, 0.4) is 0 Å². The third-order valence-electron chi connectivity index (χ3n) is 4.69. The number of carbonyl (C=O) groups excluding carboxylic acids is 2. The Morgan fingerprint density at radius 1 is 0.844 bits per heavy atom. The van der Waals surface area contributed by atoms with E-state index in [1.54, 1.807) is 30.3 Å². The van der Waals surface area contributed by atoms with Crippen LogP contribution < -0.4 is 15.4 Å². The maximum atomic E-state index is 12.5. The number of benzene rings is 3. The molecule has 0 atom stereocenters. The third kappa shape index (κ3) is 6.68. The van der Waals surface area contributed by atoms with Gasteiger partial charge in [0.1, 0.15) is 5.75 Å². The first-order chi connectivity index (χ1) is 15.1. The molecule has 0 spiro atoms. The number of hydrogen-bond acceptors (Lipinski definition) is 3. The van der Waals surface area contributed by atoms with Gasteiger partial charge in [-0.2, -0.15) is 0 Å². The fraction of sp³-hybridized carbons (Fsp3) is 0.200. The van der Waals surface area contributed by atoms with Crippen LogP contribution in [0.5, 0.6) is 5.75 Å². The van der Waals surface area contributed by atoms with E-state index in [4.69, 9.17) is 4.74 Å². The third-order valence-corrected chi connectivity index (χ3v) is 5.81. The Morgan fingerprint density at radius 2 is 1.44 bits per heavy atom. The number of carbonyl (C=O) groups is 2. The second-order valence-corrected chi connectivity index (χ2v) is 10.0. The first kappa shape index (κ1) is 24.0. The molecule has 166 valence electrons. The molecule has 0 aliphatic rings. The Hall–Kier alpha value is -2.64. The molecule has 0 bridgehead atoms. The molecule has 3 aromatic rings. The highest BCUT2D eigenvalue weighted by Gasteiger charge is 2.14. The molecule has 0 aromatic heterocycles. The monoisotopic (exact) mass is 558 g/mol. The molecule has 2 amide bonds. The lowest BCUT2D eigenvalue weighted by Crippen LogP contribution is -2.20. The number of halogens is 2. The van der Waals surface area contributed by atoms with Gasteiger partial charge < -0.3 is 15.4 Å². The molecule has 2 N–H and O–H groups in total. The van der Waals surface area contributed by atoms with Crippen LogP contribution in [-0.4, -0.2) is 18.4 Å². The van der Waals surface area contributed by atoms with Crippen LogP contribution in [0.25, 0.3) is 0 Å². The van der Waals surface area contributed by atoms with Crippen molar-refractivity contribution in [3.05, 3.63) is 86.8 Å². The van der Waals surface area contributed by atoms with Crippen molar-refractivity contribution in [2.24, 2.45) is 0 Å². The molecule has 5 nitrogen and oxygen atoms in total. The molecule has 32 heavy (non-hydrogen) atoms. The molecule has 0 radical (unpaired) electrons. The van der Waals surface area contributed by atoms with Crippen LogP contribution in [-0.2, 0) is 10.2 Å². The summed E-state index contributed by atoms with van der Waals surface area (Å²) < 4.78 is 7.21. The fourth-order valence-electron chi connectivity index (χ4n) is 2.89. The molecule has 3 rings (SSSR count). The van der Waals surface area contributed by atoms with Crippen molar-refractivity contribution in [3.8, 4) is 5.75 Å². The lowest BCUT2D eigenvalue weighted by atomic mass is 9.87. The average Bonchev–Trinajstić information content (AvgIpc) is 2.74. The zero-order valence-electron chi connectivity index (χ0n) is 18.0. The van der Waals surface area contributed by atoms with E-state index in [0.29, 0.717) is 22.7 Å². The van der Waals surface area contributed by atoms with Crippen molar-refractivity contribution in [2.45, 2.75) is 26.2 Å². The molecule has 0 fully saturated rings. The number of nitrogens with one attached hydrogen (secondary N) is 2. The number of anilines is 2. The van der Waals surface area contributed by atoms with Gasteiger partial charge in [-0.15, -0.1) is 0 Å². The van der Waals surface area contributed by atoms with E-state index in [2.05, 4.69) is 63.3 Å². The van der Waals surface area contributed by atoms with E-state index >= 15 is 0 Å². The summed E-state index contributed by atoms with van der Waals surface area (Å²) in [6, 6.07) is 20.0. The normalized spacial score (nSPS) is 11.0. The first-order valence-corrected chi connectivity index (χ1v) is 11.6. The first-order valence-electron chi connectivity index (χ1n) is 10.0. The number of ether oxygens (including phenoxy) is 1. The summed E-state index contributed by atoms with van der Waals surface area (Å²) in [4.78, 5) is 24.7. The summed E-state index contributed by atoms with van der Waals surface area (Å²) in [5.74, 6) is 0.114. The molecule has 0 heterocycles. The Kier molecular flexibility index (Phi) is 7.74. The van der Waals surface area contributed by atoms with E-state index in [1.165, 1.54) is 5.56 Å². The number of hydrogen-bond donors (Lipinski definition) is 2. The molecule has 3 aromatic carbocycles. The van der Waals surface area contributed by atoms with Crippen LogP contribution in [0.4, 0.5) is 11.4 Å². The van der Waals surface area contributed by atoms with Gasteiger partial charge in [0.05, 0.1) is 4.47 Å². The highest BCUT2D eigenvalue weighted by Crippen LogP contribution is 2.28. The molecular weight excluding hydrogens is 536 g/mol. The van der Waals surface area contributed by atoms with Crippen molar-refractivity contribution < 1.29 is 14.3 Å². The fourth-order valence-corrected chi connectivity index (χ4v) is 4.06. The maximum Gasteiger partial charge on any atom is 0.262 e. The zero-order valence-corrected chi connectivity index (χ0v) is 21.2. The standard InChI is InChI=1S/C25H24Br2N2O3/c1-25(2,3)17-6-4-16(5-7-17)24(31)29-20-11-9-19(10-12-20)28-23(30)15-32-22-13-8-18(26)14-21(22)27/h4-14H,15H2,1-3H3,(H,28,30)(H,29,31). The van der Waals surface area contributed by atoms with Gasteiger partial charge in [-0.3, -0.25) is 9.59 Å². The molecule has 0 unspecified atom stereocenters. The second kappa shape index (κ2) is 10.3. The van der Waals surface area contributed by atoms with Crippen molar-refractivity contribution >= 4 is 55.0 Å². The Balaban J connectivity index is 1.53. The Labute approximate surface area is 204 Å². The van der Waals surface area contributed by atoms with E-state index in [0.717, 1.165) is 8.95 Å². The van der Waals surface area contributed by atoms with Crippen LogP contribution in [0.2, 0.25) is 0 Å². The van der Waals surface area contributed by atoms with Gasteiger partial charge in [-0.1, -0.05) is 48.8 Å². The topological polar surface area (TPSA) is 67.4 Å². The smallest absolute Gasteiger partial charge is 0.262 e. The van der Waals surface area contributed by atoms with Gasteiger partial charge in [0.2, 0.25) is 0 Å². The molecule has 0 aliphatic heterocycles. The number of amides is 2. The van der Waals surface area contributed by atoms with Gasteiger partial charge >= 0.3 is 0 Å². The highest BCUT2D eigenvalue weighted by molar-refractivity contribution is 9.11. The SMILES string of the molecule is CC(C)(C)c1ccc(C(=O)Nc2ccc(NC(=O)COc3ccc(Br)cc3Br)cc2)cc1. The average molecular weight is 560 g/mol. The Bertz CT molecular complexity index is 1110. The van der Waals surface area contributed by atoms with Crippen molar-refractivity contribution in [2.75, 3.05) is 17.2 Å². The van der Waals surface area contributed by atoms with Gasteiger partial charge in [0, 0.05) is 21.4 Å². The van der Waals surface area contributed by atoms with Crippen LogP contribution in [0, 0.1) is 0 Å². The van der Waals surface area contributed by atoms with Gasteiger partial charge in [0.15, 0.2) is 6.61 Å². The van der Waals surface area contributed by atoms with Crippen molar-refractivity contribution in [1.82, 2.24) is 0 Å². The minimum absolute atomic E-state index is 0.0368. The minimum atomic E-state index is -0.282. The van der Waals surface area contributed by atoms with Gasteiger partial charge in [-0.05, 0) is 81.5 Å². The Morgan fingerprint density at radius 3 is 2.00 bits per heavy atom. The molecule has 0 aliphatic carbocycles. The van der Waals surface area contributed by atoms with E-state index < -0.39 is 0 Å². The predicted molar refractivity (Wildman–Crippen MR) is 136 cm³/mol. The van der Waals surface area contributed by atoms with Gasteiger partial charge in [0.25, 0.3) is 11.8 Å². The number of rotatable bonds is 6. The quantitative estimate of drug-likeness (QED) is 0.350. The van der Waals surface area contributed by atoms with E-state index in [1.807, 2.05) is 36.4 Å². The summed E-state index contributed by atoms with van der Waals surface area (Å²) in [5, 5.41) is 5.64. The molecule has 0 saturated carbocycles. The largest absolute Gasteiger partial charge is 0.483 e. The molecular formula is C25H24Br2N2O3. The van der Waals surface area contributed by atoms with Crippen molar-refractivity contribution in [3.63, 3.8) is 0 Å². The second-order valence-electron chi connectivity index (χ2n) is 8.27. The summed E-state index contributed by atoms with van der Waals surface area (Å²) in [7, 11) is 0. The minimum Gasteiger partial charge on any atom is -0.483 e. The van der Waals surface area contributed by atoms with Crippen molar-refractivity contribution in [1.29, 1.82) is 0 Å². The lowest BCUT2D eigenvalue weighted by molar-refractivity contribution is -0.118. The van der Waals surface area contributed by atoms with Crippen LogP contribution in [0.1, 0.15) is 36.7 Å². The zero-order chi connectivity index (χ0) is 23.3. The van der Waals surface area contributed by atoms with E-state index in [9.17, 15) is 9.59 Å². The predicted octanol–water partition coefficient (Wildman–Crippen LogP) is 6.78. The maximum absolute atomic E-state index is 12.5. The lowest BCUT2D eigenvalue weighted by Gasteiger charge is -2.19. The highest BCUT2D eigenvalue weighted by atomic mass is 79.9. The van der Waals surface area contributed by atoms with Crippen LogP contribution in [0.15, 0.2) is 75.7 Å². The summed E-state index contributed by atoms with van der Waals surface area (Å²) in [6.07, 6.45) is 0. The summed E-state index contributed by atoms with van der Waals surface area (Å²) in [5.41, 5.74) is 3.05. The molecule has 7 heteroatoms. The molecule has 0 saturated heterocycles. The van der Waals surface area contributed by atoms with Gasteiger partial charge in [-0.25, -0.2) is 0 Å². The summed E-state index contributed by atoms with van der Waals surface area (Å²) >= 11 is 6.77.